The number of morpholine rings is 1. The number of hydrogen-bond acceptors (Lipinski definition) is 8. The van der Waals surface area contributed by atoms with Crippen LogP contribution in [0.25, 0.3) is 0 Å². The molecule has 3 rings (SSSR count). The van der Waals surface area contributed by atoms with E-state index in [9.17, 15) is 27.6 Å². The molecule has 2 aliphatic rings. The molecule has 0 atom stereocenters. The zero-order valence-electron chi connectivity index (χ0n) is 21.1. The number of halogens is 3. The molecule has 0 aromatic heterocycles. The van der Waals surface area contributed by atoms with E-state index in [0.29, 0.717) is 37.3 Å². The Morgan fingerprint density at radius 3 is 2.54 bits per heavy atom. The molecule has 1 fully saturated rings. The molecule has 1 aromatic carbocycles. The lowest BCUT2D eigenvalue weighted by Crippen LogP contribution is -2.38. The number of carbonyl (C=O) groups is 3. The highest BCUT2D eigenvalue weighted by molar-refractivity contribution is 6.07. The van der Waals surface area contributed by atoms with Crippen LogP contribution < -0.4 is 10.1 Å². The molecule has 204 valence electrons. The summed E-state index contributed by atoms with van der Waals surface area (Å²) in [6.07, 6.45) is -2.88. The molecule has 0 saturated carbocycles. The molecule has 2 aliphatic heterocycles. The van der Waals surface area contributed by atoms with E-state index < -0.39 is 18.1 Å². The molecule has 0 bridgehead atoms. The number of nitrogens with one attached hydrogen (secondary N) is 1. The summed E-state index contributed by atoms with van der Waals surface area (Å²) in [5.41, 5.74) is 1.50. The second kappa shape index (κ2) is 12.4. The third-order valence-electron chi connectivity index (χ3n) is 6.33. The predicted octanol–water partition coefficient (Wildman–Crippen LogP) is 3.32. The van der Waals surface area contributed by atoms with Crippen molar-refractivity contribution in [3.05, 3.63) is 33.9 Å². The summed E-state index contributed by atoms with van der Waals surface area (Å²) in [5, 5.41) is 1.85. The molecular weight excluding hydrogens is 497 g/mol. The summed E-state index contributed by atoms with van der Waals surface area (Å²) in [5.74, 6) is -3.13. The van der Waals surface area contributed by atoms with Crippen molar-refractivity contribution >= 4 is 23.5 Å². The number of rotatable bonds is 10. The van der Waals surface area contributed by atoms with Gasteiger partial charge in [-0.05, 0) is 32.3 Å². The van der Waals surface area contributed by atoms with Gasteiger partial charge in [-0.1, -0.05) is 11.6 Å². The number of cyclic esters (lactones) is 1. The van der Waals surface area contributed by atoms with Gasteiger partial charge in [0.25, 0.3) is 0 Å². The van der Waals surface area contributed by atoms with Gasteiger partial charge in [0.2, 0.25) is 0 Å². The van der Waals surface area contributed by atoms with E-state index in [0.717, 1.165) is 18.7 Å². The van der Waals surface area contributed by atoms with Gasteiger partial charge in [0.1, 0.15) is 19.0 Å². The van der Waals surface area contributed by atoms with Crippen LogP contribution in [0.4, 0.5) is 18.9 Å². The third kappa shape index (κ3) is 7.22. The van der Waals surface area contributed by atoms with Crippen molar-refractivity contribution in [2.75, 3.05) is 51.9 Å². The van der Waals surface area contributed by atoms with Crippen LogP contribution in [0.15, 0.2) is 11.6 Å². The van der Waals surface area contributed by atoms with Crippen molar-refractivity contribution in [2.45, 2.75) is 45.9 Å². The van der Waals surface area contributed by atoms with E-state index in [-0.39, 0.29) is 54.6 Å². The maximum absolute atomic E-state index is 13.0. The summed E-state index contributed by atoms with van der Waals surface area (Å²) in [6.45, 7) is 7.15. The first-order chi connectivity index (χ1) is 17.5. The minimum atomic E-state index is -5.15. The fourth-order valence-electron chi connectivity index (χ4n) is 4.24. The van der Waals surface area contributed by atoms with Crippen molar-refractivity contribution in [3.63, 3.8) is 0 Å². The number of hydrogen-bond donors (Lipinski definition) is 1. The molecule has 9 nitrogen and oxygen atoms in total. The van der Waals surface area contributed by atoms with Crippen LogP contribution in [-0.2, 0) is 36.8 Å². The van der Waals surface area contributed by atoms with Crippen LogP contribution in [0.1, 0.15) is 46.8 Å². The van der Waals surface area contributed by atoms with Gasteiger partial charge < -0.3 is 24.3 Å². The average Bonchev–Trinajstić information content (AvgIpc) is 3.25. The Morgan fingerprint density at radius 1 is 1.19 bits per heavy atom. The SMILES string of the molecule is COc1c(C)c2c(c(NC(=O)C(F)(F)F)c1C/C=C(\C)CCC(=O)OCCN1CCOCC1)C(=O)OC2. The molecule has 1 aromatic rings. The number of methoxy groups -OCH3 is 1. The first-order valence-corrected chi connectivity index (χ1v) is 11.9. The number of esters is 2. The molecule has 0 aliphatic carbocycles. The predicted molar refractivity (Wildman–Crippen MR) is 126 cm³/mol. The molecule has 12 heteroatoms. The minimum Gasteiger partial charge on any atom is -0.496 e. The fourth-order valence-corrected chi connectivity index (χ4v) is 4.24. The first kappa shape index (κ1) is 28.5. The highest BCUT2D eigenvalue weighted by Crippen LogP contribution is 2.42. The molecule has 0 unspecified atom stereocenters. The Labute approximate surface area is 212 Å². The van der Waals surface area contributed by atoms with Gasteiger partial charge in [-0.25, -0.2) is 4.79 Å². The lowest BCUT2D eigenvalue weighted by atomic mass is 9.93. The summed E-state index contributed by atoms with van der Waals surface area (Å²) in [6, 6.07) is 0. The second-order valence-electron chi connectivity index (χ2n) is 8.82. The van der Waals surface area contributed by atoms with Crippen LogP contribution >= 0.6 is 0 Å². The first-order valence-electron chi connectivity index (χ1n) is 11.9. The average molecular weight is 529 g/mol. The van der Waals surface area contributed by atoms with Crippen molar-refractivity contribution in [3.8, 4) is 5.75 Å². The van der Waals surface area contributed by atoms with Gasteiger partial charge in [0, 0.05) is 37.2 Å². The Kier molecular flexibility index (Phi) is 9.55. The molecule has 1 amide bonds. The number of ether oxygens (including phenoxy) is 4. The molecule has 1 N–H and O–H groups in total. The number of allylic oxidation sites excluding steroid dienone is 2. The van der Waals surface area contributed by atoms with Crippen molar-refractivity contribution < 1.29 is 46.5 Å². The molecule has 37 heavy (non-hydrogen) atoms. The molecule has 0 spiro atoms. The van der Waals surface area contributed by atoms with Crippen molar-refractivity contribution in [2.24, 2.45) is 0 Å². The maximum Gasteiger partial charge on any atom is 0.471 e. The minimum absolute atomic E-state index is 0.0515. The monoisotopic (exact) mass is 528 g/mol. The number of benzene rings is 1. The van der Waals surface area contributed by atoms with Gasteiger partial charge in [-0.3, -0.25) is 14.5 Å². The molecular formula is C25H31F3N2O7. The zero-order valence-corrected chi connectivity index (χ0v) is 21.1. The molecule has 1 saturated heterocycles. The van der Waals surface area contributed by atoms with Crippen LogP contribution in [0.2, 0.25) is 0 Å². The Balaban J connectivity index is 1.71. The van der Waals surface area contributed by atoms with E-state index in [2.05, 4.69) is 4.90 Å². The van der Waals surface area contributed by atoms with E-state index in [4.69, 9.17) is 18.9 Å². The largest absolute Gasteiger partial charge is 0.496 e. The highest BCUT2D eigenvalue weighted by Gasteiger charge is 2.41. The fraction of sp³-hybridized carbons (Fsp3) is 0.560. The third-order valence-corrected chi connectivity index (χ3v) is 6.33. The topological polar surface area (TPSA) is 103 Å². The summed E-state index contributed by atoms with van der Waals surface area (Å²) in [7, 11) is 1.36. The van der Waals surface area contributed by atoms with E-state index in [1.165, 1.54) is 7.11 Å². The number of amides is 1. The number of carbonyl (C=O) groups excluding carboxylic acids is 3. The number of anilines is 1. The van der Waals surface area contributed by atoms with Gasteiger partial charge in [0.05, 0.1) is 31.6 Å². The normalized spacial score (nSPS) is 16.3. The summed E-state index contributed by atoms with van der Waals surface area (Å²) < 4.78 is 60.2. The van der Waals surface area contributed by atoms with E-state index in [1.807, 2.05) is 5.32 Å². The van der Waals surface area contributed by atoms with Crippen LogP contribution in [0, 0.1) is 6.92 Å². The van der Waals surface area contributed by atoms with Crippen LogP contribution in [-0.4, -0.2) is 75.5 Å². The van der Waals surface area contributed by atoms with Gasteiger partial charge in [-0.15, -0.1) is 0 Å². The highest BCUT2D eigenvalue weighted by atomic mass is 19.4. The number of fused-ring (bicyclic) bond motifs is 1. The molecule has 2 heterocycles. The quantitative estimate of drug-likeness (QED) is 0.365. The van der Waals surface area contributed by atoms with Crippen molar-refractivity contribution in [1.82, 2.24) is 4.90 Å². The maximum atomic E-state index is 13.0. The van der Waals surface area contributed by atoms with E-state index in [1.54, 1.807) is 19.9 Å². The van der Waals surface area contributed by atoms with Crippen LogP contribution in [0.5, 0.6) is 5.75 Å². The van der Waals surface area contributed by atoms with Gasteiger partial charge in [-0.2, -0.15) is 13.2 Å². The lowest BCUT2D eigenvalue weighted by molar-refractivity contribution is -0.167. The zero-order chi connectivity index (χ0) is 27.2. The van der Waals surface area contributed by atoms with Gasteiger partial charge in [0.15, 0.2) is 0 Å². The second-order valence-corrected chi connectivity index (χ2v) is 8.82. The smallest absolute Gasteiger partial charge is 0.471 e. The molecule has 0 radical (unpaired) electrons. The Bertz CT molecular complexity index is 1060. The Morgan fingerprint density at radius 2 is 1.89 bits per heavy atom. The summed E-state index contributed by atoms with van der Waals surface area (Å²) in [4.78, 5) is 38.4. The number of nitrogens with zero attached hydrogens (tertiary/aromatic N) is 1. The Hall–Kier alpha value is -3.12. The number of alkyl halides is 3. The summed E-state index contributed by atoms with van der Waals surface area (Å²) >= 11 is 0. The lowest BCUT2D eigenvalue weighted by Gasteiger charge is -2.26. The van der Waals surface area contributed by atoms with Crippen LogP contribution in [0.3, 0.4) is 0 Å². The standard InChI is InChI=1S/C25H31F3N2O7/c1-15(5-7-19(31)36-13-10-30-8-11-35-12-9-30)4-6-17-21(29-24(33)25(26,27)28)20-18(14-37-23(20)32)16(2)22(17)34-3/h4H,5-14H2,1-3H3,(H,29,33)/b15-4+. The van der Waals surface area contributed by atoms with Gasteiger partial charge >= 0.3 is 24.0 Å². The van der Waals surface area contributed by atoms with Crippen molar-refractivity contribution in [1.29, 1.82) is 0 Å². The van der Waals surface area contributed by atoms with E-state index >= 15 is 0 Å².